The lowest BCUT2D eigenvalue weighted by Gasteiger charge is -2.26. The molecule has 0 saturated heterocycles. The normalized spacial score (nSPS) is 22.2. The lowest BCUT2D eigenvalue weighted by atomic mass is 9.87. The summed E-state index contributed by atoms with van der Waals surface area (Å²) in [6.45, 7) is 6.53. The van der Waals surface area contributed by atoms with Gasteiger partial charge in [0.2, 0.25) is 0 Å². The molecule has 1 aromatic rings. The maximum absolute atomic E-state index is 11.9. The van der Waals surface area contributed by atoms with Crippen LogP contribution >= 0.6 is 0 Å². The number of amides is 1. The van der Waals surface area contributed by atoms with Gasteiger partial charge in [0, 0.05) is 6.04 Å². The standard InChI is InChI=1S/C18H27NO3/c1-18(2,3)13-4-10-16(11-5-13)22-12-17(21)19-14-6-8-15(20)9-7-14/h4-5,10-11,14-15,20H,6-9,12H2,1-3H3,(H,19,21). The second-order valence-electron chi connectivity index (χ2n) is 7.14. The molecule has 1 aliphatic carbocycles. The Bertz CT molecular complexity index is 482. The Labute approximate surface area is 132 Å². The maximum Gasteiger partial charge on any atom is 0.258 e. The summed E-state index contributed by atoms with van der Waals surface area (Å²) in [6, 6.07) is 8.06. The lowest BCUT2D eigenvalue weighted by molar-refractivity contribution is -0.124. The third-order valence-corrected chi connectivity index (χ3v) is 4.15. The highest BCUT2D eigenvalue weighted by Crippen LogP contribution is 2.24. The predicted molar refractivity (Wildman–Crippen MR) is 87.0 cm³/mol. The van der Waals surface area contributed by atoms with Crippen LogP contribution in [0.15, 0.2) is 24.3 Å². The molecule has 0 unspecified atom stereocenters. The molecular weight excluding hydrogens is 278 g/mol. The van der Waals surface area contributed by atoms with E-state index in [0.29, 0.717) is 5.75 Å². The van der Waals surface area contributed by atoms with E-state index in [1.54, 1.807) is 0 Å². The topological polar surface area (TPSA) is 58.6 Å². The SMILES string of the molecule is CC(C)(C)c1ccc(OCC(=O)NC2CCC(O)CC2)cc1. The number of aliphatic hydroxyl groups excluding tert-OH is 1. The maximum atomic E-state index is 11.9. The van der Waals surface area contributed by atoms with Crippen LogP contribution in [0.25, 0.3) is 0 Å². The van der Waals surface area contributed by atoms with Crippen LogP contribution in [0.4, 0.5) is 0 Å². The van der Waals surface area contributed by atoms with Crippen molar-refractivity contribution in [2.75, 3.05) is 6.61 Å². The summed E-state index contributed by atoms with van der Waals surface area (Å²) in [5.41, 5.74) is 1.35. The Morgan fingerprint density at radius 2 is 1.77 bits per heavy atom. The molecule has 1 amide bonds. The summed E-state index contributed by atoms with van der Waals surface area (Å²) in [6.07, 6.45) is 3.01. The van der Waals surface area contributed by atoms with E-state index in [0.717, 1.165) is 25.7 Å². The molecule has 0 spiro atoms. The van der Waals surface area contributed by atoms with Crippen LogP contribution in [0.5, 0.6) is 5.75 Å². The van der Waals surface area contributed by atoms with Crippen molar-refractivity contribution in [2.24, 2.45) is 0 Å². The number of aliphatic hydroxyl groups is 1. The van der Waals surface area contributed by atoms with Crippen molar-refractivity contribution < 1.29 is 14.6 Å². The van der Waals surface area contributed by atoms with Gasteiger partial charge < -0.3 is 15.2 Å². The Morgan fingerprint density at radius 3 is 2.32 bits per heavy atom. The Kier molecular flexibility index (Phi) is 5.46. The summed E-state index contributed by atoms with van der Waals surface area (Å²) >= 11 is 0. The van der Waals surface area contributed by atoms with Crippen molar-refractivity contribution in [3.8, 4) is 5.75 Å². The van der Waals surface area contributed by atoms with Crippen LogP contribution in [0.3, 0.4) is 0 Å². The van der Waals surface area contributed by atoms with Crippen molar-refractivity contribution in [3.63, 3.8) is 0 Å². The molecule has 0 aromatic heterocycles. The van der Waals surface area contributed by atoms with Crippen molar-refractivity contribution >= 4 is 5.91 Å². The molecule has 0 radical (unpaired) electrons. The Hall–Kier alpha value is -1.55. The van der Waals surface area contributed by atoms with Crippen molar-refractivity contribution in [3.05, 3.63) is 29.8 Å². The van der Waals surface area contributed by atoms with Gasteiger partial charge in [0.1, 0.15) is 5.75 Å². The first-order valence-corrected chi connectivity index (χ1v) is 8.05. The predicted octanol–water partition coefficient (Wildman–Crippen LogP) is 2.78. The second kappa shape index (κ2) is 7.14. The van der Waals surface area contributed by atoms with Crippen LogP contribution in [-0.4, -0.2) is 29.8 Å². The molecule has 122 valence electrons. The number of ether oxygens (including phenoxy) is 1. The van der Waals surface area contributed by atoms with Crippen molar-refractivity contribution in [1.82, 2.24) is 5.32 Å². The van der Waals surface area contributed by atoms with Gasteiger partial charge >= 0.3 is 0 Å². The third-order valence-electron chi connectivity index (χ3n) is 4.15. The van der Waals surface area contributed by atoms with Crippen molar-refractivity contribution in [1.29, 1.82) is 0 Å². The molecule has 0 atom stereocenters. The van der Waals surface area contributed by atoms with Crippen LogP contribution in [0.2, 0.25) is 0 Å². The highest BCUT2D eigenvalue weighted by molar-refractivity contribution is 5.77. The highest BCUT2D eigenvalue weighted by atomic mass is 16.5. The molecule has 0 aliphatic heterocycles. The molecule has 1 saturated carbocycles. The fraction of sp³-hybridized carbons (Fsp3) is 0.611. The Balaban J connectivity index is 1.76. The van der Waals surface area contributed by atoms with Gasteiger partial charge in [-0.3, -0.25) is 4.79 Å². The Morgan fingerprint density at radius 1 is 1.18 bits per heavy atom. The first kappa shape index (κ1) is 16.8. The van der Waals surface area contributed by atoms with Gasteiger partial charge in [0.15, 0.2) is 6.61 Å². The van der Waals surface area contributed by atoms with Gasteiger partial charge in [-0.15, -0.1) is 0 Å². The molecule has 1 fully saturated rings. The minimum Gasteiger partial charge on any atom is -0.484 e. The first-order chi connectivity index (χ1) is 10.3. The van der Waals surface area contributed by atoms with Crippen LogP contribution < -0.4 is 10.1 Å². The minimum absolute atomic E-state index is 0.0356. The average molecular weight is 305 g/mol. The number of carbonyl (C=O) groups excluding carboxylic acids is 1. The first-order valence-electron chi connectivity index (χ1n) is 8.05. The van der Waals surface area contributed by atoms with E-state index >= 15 is 0 Å². The molecule has 22 heavy (non-hydrogen) atoms. The average Bonchev–Trinajstić information content (AvgIpc) is 2.47. The molecule has 4 nitrogen and oxygen atoms in total. The van der Waals surface area contributed by atoms with Gasteiger partial charge in [-0.25, -0.2) is 0 Å². The van der Waals surface area contributed by atoms with Gasteiger partial charge in [0.25, 0.3) is 5.91 Å². The van der Waals surface area contributed by atoms with Crippen molar-refractivity contribution in [2.45, 2.75) is 64.0 Å². The van der Waals surface area contributed by atoms with E-state index in [4.69, 9.17) is 4.74 Å². The summed E-state index contributed by atoms with van der Waals surface area (Å²) < 4.78 is 5.54. The van der Waals surface area contributed by atoms with E-state index in [-0.39, 0.29) is 30.1 Å². The third kappa shape index (κ3) is 5.02. The monoisotopic (exact) mass is 305 g/mol. The molecule has 1 aliphatic rings. The quantitative estimate of drug-likeness (QED) is 0.899. The van der Waals surface area contributed by atoms with Gasteiger partial charge in [0.05, 0.1) is 6.10 Å². The van der Waals surface area contributed by atoms with E-state index < -0.39 is 0 Å². The smallest absolute Gasteiger partial charge is 0.258 e. The van der Waals surface area contributed by atoms with Gasteiger partial charge in [-0.1, -0.05) is 32.9 Å². The van der Waals surface area contributed by atoms with E-state index in [1.807, 2.05) is 24.3 Å². The van der Waals surface area contributed by atoms with Gasteiger partial charge in [-0.2, -0.15) is 0 Å². The number of hydrogen-bond acceptors (Lipinski definition) is 3. The fourth-order valence-corrected chi connectivity index (χ4v) is 2.69. The number of benzene rings is 1. The van der Waals surface area contributed by atoms with E-state index in [1.165, 1.54) is 5.56 Å². The minimum atomic E-state index is -0.203. The molecule has 2 rings (SSSR count). The van der Waals surface area contributed by atoms with Crippen LogP contribution in [0.1, 0.15) is 52.0 Å². The number of hydrogen-bond donors (Lipinski definition) is 2. The fourth-order valence-electron chi connectivity index (χ4n) is 2.69. The lowest BCUT2D eigenvalue weighted by Crippen LogP contribution is -2.40. The molecule has 4 heteroatoms. The zero-order chi connectivity index (χ0) is 16.2. The zero-order valence-electron chi connectivity index (χ0n) is 13.8. The van der Waals surface area contributed by atoms with E-state index in [9.17, 15) is 9.90 Å². The summed E-state index contributed by atoms with van der Waals surface area (Å²) in [5, 5.41) is 12.4. The largest absolute Gasteiger partial charge is 0.484 e. The second-order valence-corrected chi connectivity index (χ2v) is 7.14. The number of nitrogens with one attached hydrogen (secondary N) is 1. The molecule has 0 bridgehead atoms. The highest BCUT2D eigenvalue weighted by Gasteiger charge is 2.20. The molecule has 2 N–H and O–H groups in total. The van der Waals surface area contributed by atoms with Gasteiger partial charge in [-0.05, 0) is 48.8 Å². The summed E-state index contributed by atoms with van der Waals surface area (Å²) in [4.78, 5) is 11.9. The summed E-state index contributed by atoms with van der Waals surface area (Å²) in [7, 11) is 0. The molecule has 0 heterocycles. The number of rotatable bonds is 4. The molecular formula is C18H27NO3. The zero-order valence-corrected chi connectivity index (χ0v) is 13.8. The summed E-state index contributed by atoms with van der Waals surface area (Å²) in [5.74, 6) is 0.614. The molecule has 1 aromatic carbocycles. The number of carbonyl (C=O) groups is 1. The van der Waals surface area contributed by atoms with Crippen LogP contribution in [0, 0.1) is 0 Å². The van der Waals surface area contributed by atoms with Crippen LogP contribution in [-0.2, 0) is 10.2 Å². The van der Waals surface area contributed by atoms with E-state index in [2.05, 4.69) is 26.1 Å².